The minimum atomic E-state index is -0.170. The van der Waals surface area contributed by atoms with E-state index in [9.17, 15) is 0 Å². The summed E-state index contributed by atoms with van der Waals surface area (Å²) in [7, 11) is 1.67. The van der Waals surface area contributed by atoms with Crippen molar-refractivity contribution in [3.8, 4) is 23.1 Å². The lowest BCUT2D eigenvalue weighted by atomic mass is 9.83. The van der Waals surface area contributed by atoms with Crippen LogP contribution in [0.15, 0.2) is 109 Å². The maximum absolute atomic E-state index is 6.53. The molecule has 0 saturated heterocycles. The lowest BCUT2D eigenvalue weighted by Crippen LogP contribution is -2.15. The number of rotatable bonds is 5. The number of methoxy groups -OCH3 is 1. The second-order valence-corrected chi connectivity index (χ2v) is 10.0. The van der Waals surface area contributed by atoms with Crippen molar-refractivity contribution in [2.45, 2.75) is 12.5 Å². The normalized spacial score (nSPS) is 14.0. The van der Waals surface area contributed by atoms with Gasteiger partial charge in [-0.25, -0.2) is 14.5 Å². The Balaban J connectivity index is 1.25. The van der Waals surface area contributed by atoms with Crippen LogP contribution in [-0.2, 0) is 6.61 Å². The number of nitrogens with zero attached hydrogens (tertiary/aromatic N) is 4. The van der Waals surface area contributed by atoms with Gasteiger partial charge in [-0.05, 0) is 34.5 Å². The lowest BCUT2D eigenvalue weighted by Gasteiger charge is -2.28. The summed E-state index contributed by atoms with van der Waals surface area (Å²) in [5.74, 6) is 3.32. The van der Waals surface area contributed by atoms with E-state index in [1.807, 2.05) is 48.5 Å². The van der Waals surface area contributed by atoms with Crippen molar-refractivity contribution >= 4 is 27.2 Å². The molecule has 1 aliphatic rings. The van der Waals surface area contributed by atoms with Crippen molar-refractivity contribution in [2.75, 3.05) is 7.11 Å². The number of hydrogen-bond donors (Lipinski definition) is 0. The molecule has 0 amide bonds. The molecule has 0 N–H and O–H groups in total. The van der Waals surface area contributed by atoms with Gasteiger partial charge in [-0.3, -0.25) is 0 Å². The third-order valence-electron chi connectivity index (χ3n) is 7.69. The summed E-state index contributed by atoms with van der Waals surface area (Å²) in [5, 5.41) is 9.05. The Hall–Kier alpha value is -5.43. The summed E-state index contributed by atoms with van der Waals surface area (Å²) in [4.78, 5) is 9.66. The molecule has 41 heavy (non-hydrogen) atoms. The first-order chi connectivity index (χ1) is 20.3. The predicted octanol–water partition coefficient (Wildman–Crippen LogP) is 7.30. The van der Waals surface area contributed by atoms with Crippen LogP contribution < -0.4 is 14.2 Å². The Bertz CT molecular complexity index is 2080. The van der Waals surface area contributed by atoms with Gasteiger partial charge in [0.25, 0.3) is 0 Å². The zero-order chi connectivity index (χ0) is 27.3. The third-order valence-corrected chi connectivity index (χ3v) is 7.69. The van der Waals surface area contributed by atoms with Gasteiger partial charge in [-0.2, -0.15) is 0 Å². The van der Waals surface area contributed by atoms with Crippen LogP contribution >= 0.6 is 0 Å². The predicted molar refractivity (Wildman–Crippen MR) is 157 cm³/mol. The van der Waals surface area contributed by atoms with E-state index in [1.54, 1.807) is 18.0 Å². The van der Waals surface area contributed by atoms with Gasteiger partial charge >= 0.3 is 0 Å². The molecule has 7 heteroatoms. The van der Waals surface area contributed by atoms with E-state index >= 15 is 0 Å². The molecule has 3 heterocycles. The SMILES string of the molecule is COc1ccc(C2c3ccc4ccccc4c3Oc3ncn4nc(COc5cccc6ccccc56)nc4c32)cc1. The van der Waals surface area contributed by atoms with Crippen LogP contribution in [0, 0.1) is 0 Å². The highest BCUT2D eigenvalue weighted by atomic mass is 16.5. The van der Waals surface area contributed by atoms with Gasteiger partial charge in [0.2, 0.25) is 5.88 Å². The molecule has 0 fully saturated rings. The first-order valence-corrected chi connectivity index (χ1v) is 13.4. The van der Waals surface area contributed by atoms with E-state index in [4.69, 9.17) is 29.3 Å². The topological polar surface area (TPSA) is 70.8 Å². The van der Waals surface area contributed by atoms with E-state index in [2.05, 4.69) is 54.6 Å². The fourth-order valence-electron chi connectivity index (χ4n) is 5.76. The Morgan fingerprint density at radius 1 is 0.805 bits per heavy atom. The van der Waals surface area contributed by atoms with Gasteiger partial charge in [0, 0.05) is 22.3 Å². The molecule has 1 aliphatic heterocycles. The van der Waals surface area contributed by atoms with Crippen LogP contribution in [0.4, 0.5) is 0 Å². The summed E-state index contributed by atoms with van der Waals surface area (Å²) in [6.07, 6.45) is 1.66. The fourth-order valence-corrected chi connectivity index (χ4v) is 5.76. The first-order valence-electron chi connectivity index (χ1n) is 13.4. The molecular formula is C34H24N4O3. The molecule has 0 saturated carbocycles. The summed E-state index contributed by atoms with van der Waals surface area (Å²) in [6.45, 7) is 0.222. The number of fused-ring (bicyclic) bond motifs is 7. The zero-order valence-electron chi connectivity index (χ0n) is 22.2. The Labute approximate surface area is 235 Å². The minimum Gasteiger partial charge on any atom is -0.497 e. The number of benzene rings is 5. The van der Waals surface area contributed by atoms with Crippen LogP contribution in [0.2, 0.25) is 0 Å². The van der Waals surface area contributed by atoms with Gasteiger partial charge in [0.15, 0.2) is 11.5 Å². The highest BCUT2D eigenvalue weighted by molar-refractivity contribution is 5.91. The quantitative estimate of drug-likeness (QED) is 0.230. The van der Waals surface area contributed by atoms with Crippen LogP contribution in [0.25, 0.3) is 27.2 Å². The third kappa shape index (κ3) is 3.85. The van der Waals surface area contributed by atoms with Gasteiger partial charge < -0.3 is 14.2 Å². The highest BCUT2D eigenvalue weighted by Crippen LogP contribution is 2.50. The second kappa shape index (κ2) is 9.34. The van der Waals surface area contributed by atoms with E-state index in [0.717, 1.165) is 55.5 Å². The van der Waals surface area contributed by atoms with E-state index in [0.29, 0.717) is 17.4 Å². The molecule has 7 aromatic rings. The maximum Gasteiger partial charge on any atom is 0.228 e. The minimum absolute atomic E-state index is 0.170. The van der Waals surface area contributed by atoms with Gasteiger partial charge in [0.1, 0.15) is 30.2 Å². The second-order valence-electron chi connectivity index (χ2n) is 10.0. The van der Waals surface area contributed by atoms with Crippen molar-refractivity contribution in [3.05, 3.63) is 132 Å². The van der Waals surface area contributed by atoms with E-state index in [1.165, 1.54) is 0 Å². The van der Waals surface area contributed by atoms with Crippen molar-refractivity contribution in [1.29, 1.82) is 0 Å². The van der Waals surface area contributed by atoms with Crippen molar-refractivity contribution in [1.82, 2.24) is 19.6 Å². The fraction of sp³-hybridized carbons (Fsp3) is 0.0882. The molecule has 0 bridgehead atoms. The van der Waals surface area contributed by atoms with E-state index in [-0.39, 0.29) is 12.5 Å². The molecule has 0 spiro atoms. The van der Waals surface area contributed by atoms with Crippen molar-refractivity contribution in [2.24, 2.45) is 0 Å². The summed E-state index contributed by atoms with van der Waals surface area (Å²) in [5.41, 5.74) is 3.68. The molecule has 8 rings (SSSR count). The van der Waals surface area contributed by atoms with Crippen LogP contribution in [0.1, 0.15) is 28.4 Å². The number of aromatic nitrogens is 4. The lowest BCUT2D eigenvalue weighted by molar-refractivity contribution is 0.299. The monoisotopic (exact) mass is 536 g/mol. The Morgan fingerprint density at radius 3 is 2.39 bits per heavy atom. The number of hydrogen-bond acceptors (Lipinski definition) is 6. The molecule has 2 aromatic heterocycles. The largest absolute Gasteiger partial charge is 0.497 e. The molecule has 198 valence electrons. The van der Waals surface area contributed by atoms with Crippen LogP contribution in [0.5, 0.6) is 23.1 Å². The summed E-state index contributed by atoms with van der Waals surface area (Å²) >= 11 is 0. The van der Waals surface area contributed by atoms with Gasteiger partial charge in [0.05, 0.1) is 12.7 Å². The maximum atomic E-state index is 6.53. The van der Waals surface area contributed by atoms with Crippen molar-refractivity contribution < 1.29 is 14.2 Å². The molecule has 1 atom stereocenters. The Kier molecular flexibility index (Phi) is 5.35. The van der Waals surface area contributed by atoms with Crippen LogP contribution in [-0.4, -0.2) is 26.7 Å². The molecule has 0 radical (unpaired) electrons. The number of ether oxygens (including phenoxy) is 3. The molecule has 7 nitrogen and oxygen atoms in total. The molecule has 5 aromatic carbocycles. The summed E-state index contributed by atoms with van der Waals surface area (Å²) in [6, 6.07) is 34.8. The van der Waals surface area contributed by atoms with Crippen LogP contribution in [0.3, 0.4) is 0 Å². The smallest absolute Gasteiger partial charge is 0.228 e. The average Bonchev–Trinajstić information content (AvgIpc) is 3.46. The first kappa shape index (κ1) is 23.5. The summed E-state index contributed by atoms with van der Waals surface area (Å²) < 4.78 is 19.9. The zero-order valence-corrected chi connectivity index (χ0v) is 22.2. The average molecular weight is 537 g/mol. The van der Waals surface area contributed by atoms with Gasteiger partial charge in [-0.1, -0.05) is 84.9 Å². The molecule has 1 unspecified atom stereocenters. The van der Waals surface area contributed by atoms with E-state index < -0.39 is 0 Å². The molecular weight excluding hydrogens is 512 g/mol. The van der Waals surface area contributed by atoms with Crippen molar-refractivity contribution in [3.63, 3.8) is 0 Å². The van der Waals surface area contributed by atoms with Gasteiger partial charge in [-0.15, -0.1) is 5.10 Å². The molecule has 0 aliphatic carbocycles. The highest BCUT2D eigenvalue weighted by Gasteiger charge is 2.34. The standard InChI is InChI=1S/C34H24N4O3/c1-39-24-16-13-23(14-17-24)30-27-18-15-22-8-3-5-11-26(22)32(27)41-34-31(30)33-36-29(37-38(33)20-35-34)19-40-28-12-6-9-21-7-2-4-10-25(21)28/h2-18,20,30H,19H2,1H3. The Morgan fingerprint density at radius 2 is 1.56 bits per heavy atom.